The van der Waals surface area contributed by atoms with Crippen LogP contribution in [-0.2, 0) is 23.8 Å². The lowest BCUT2D eigenvalue weighted by Gasteiger charge is -2.23. The molecule has 0 amide bonds. The van der Waals surface area contributed by atoms with E-state index < -0.39 is 41.4 Å². The molecule has 0 spiro atoms. The zero-order valence-electron chi connectivity index (χ0n) is 12.1. The third kappa shape index (κ3) is 3.61. The van der Waals surface area contributed by atoms with Crippen molar-refractivity contribution in [2.45, 2.75) is 26.2 Å². The highest BCUT2D eigenvalue weighted by molar-refractivity contribution is 5.66. The van der Waals surface area contributed by atoms with Gasteiger partial charge in [-0.15, -0.1) is 0 Å². The van der Waals surface area contributed by atoms with Crippen molar-refractivity contribution in [1.82, 2.24) is 9.55 Å². The van der Waals surface area contributed by atoms with Crippen LogP contribution in [0.2, 0.25) is 0 Å². The third-order valence-corrected chi connectivity index (χ3v) is 3.15. The van der Waals surface area contributed by atoms with Gasteiger partial charge in [-0.2, -0.15) is 0 Å². The van der Waals surface area contributed by atoms with Crippen molar-refractivity contribution in [3.63, 3.8) is 0 Å². The smallest absolute Gasteiger partial charge is 0.330 e. The molecule has 1 aromatic heterocycles. The van der Waals surface area contributed by atoms with E-state index in [0.717, 1.165) is 10.6 Å². The minimum absolute atomic E-state index is 0.00187. The molecule has 0 saturated carbocycles. The van der Waals surface area contributed by atoms with Crippen LogP contribution >= 0.6 is 0 Å². The van der Waals surface area contributed by atoms with Crippen molar-refractivity contribution in [3.8, 4) is 0 Å². The van der Waals surface area contributed by atoms with Gasteiger partial charge in [0.05, 0.1) is 12.5 Å². The van der Waals surface area contributed by atoms with Crippen molar-refractivity contribution in [2.75, 3.05) is 13.2 Å². The second-order valence-electron chi connectivity index (χ2n) is 4.88. The SMILES string of the molecule is CC(=O)OC[C@@H]1CO[C@@H](n2ccc(=O)[nH]c2=O)[C@@H]1OC(C)=O. The average molecular weight is 312 g/mol. The zero-order valence-corrected chi connectivity index (χ0v) is 12.1. The van der Waals surface area contributed by atoms with Crippen molar-refractivity contribution >= 4 is 11.9 Å². The van der Waals surface area contributed by atoms with Gasteiger partial charge in [0, 0.05) is 26.1 Å². The predicted molar refractivity (Wildman–Crippen MR) is 72.0 cm³/mol. The first-order chi connectivity index (χ1) is 10.4. The molecule has 0 bridgehead atoms. The maximum absolute atomic E-state index is 11.8. The quantitative estimate of drug-likeness (QED) is 0.722. The highest BCUT2D eigenvalue weighted by atomic mass is 16.6. The Morgan fingerprint density at radius 1 is 1.36 bits per heavy atom. The van der Waals surface area contributed by atoms with E-state index in [1.807, 2.05) is 0 Å². The molecule has 120 valence electrons. The molecule has 1 fully saturated rings. The van der Waals surface area contributed by atoms with Crippen molar-refractivity contribution in [3.05, 3.63) is 33.1 Å². The summed E-state index contributed by atoms with van der Waals surface area (Å²) in [6, 6.07) is 1.16. The van der Waals surface area contributed by atoms with Crippen LogP contribution in [0.5, 0.6) is 0 Å². The van der Waals surface area contributed by atoms with Crippen LogP contribution < -0.4 is 11.2 Å². The van der Waals surface area contributed by atoms with Crippen LogP contribution in [0.15, 0.2) is 21.9 Å². The number of rotatable bonds is 4. The van der Waals surface area contributed by atoms with Gasteiger partial charge >= 0.3 is 17.6 Å². The van der Waals surface area contributed by atoms with E-state index >= 15 is 0 Å². The van der Waals surface area contributed by atoms with E-state index in [4.69, 9.17) is 14.2 Å². The maximum atomic E-state index is 11.8. The molecule has 9 nitrogen and oxygen atoms in total. The molecule has 1 aliphatic heterocycles. The lowest BCUT2D eigenvalue weighted by atomic mass is 10.1. The number of hydrogen-bond acceptors (Lipinski definition) is 7. The molecule has 9 heteroatoms. The lowest BCUT2D eigenvalue weighted by molar-refractivity contribution is -0.155. The largest absolute Gasteiger partial charge is 0.465 e. The van der Waals surface area contributed by atoms with Gasteiger partial charge in [0.2, 0.25) is 0 Å². The summed E-state index contributed by atoms with van der Waals surface area (Å²) < 4.78 is 16.7. The Hall–Kier alpha value is -2.42. The highest BCUT2D eigenvalue weighted by Crippen LogP contribution is 2.30. The van der Waals surface area contributed by atoms with Gasteiger partial charge < -0.3 is 14.2 Å². The van der Waals surface area contributed by atoms with E-state index in [1.54, 1.807) is 0 Å². The van der Waals surface area contributed by atoms with Gasteiger partial charge in [0.15, 0.2) is 12.3 Å². The van der Waals surface area contributed by atoms with Gasteiger partial charge in [0.1, 0.15) is 6.61 Å². The van der Waals surface area contributed by atoms with E-state index in [9.17, 15) is 19.2 Å². The zero-order chi connectivity index (χ0) is 16.3. The number of H-pyrrole nitrogens is 1. The summed E-state index contributed by atoms with van der Waals surface area (Å²) in [6.07, 6.45) is -0.439. The molecule has 1 saturated heterocycles. The van der Waals surface area contributed by atoms with Crippen molar-refractivity contribution < 1.29 is 23.8 Å². The Morgan fingerprint density at radius 3 is 2.68 bits per heavy atom. The Kier molecular flexibility index (Phi) is 4.76. The number of carbonyl (C=O) groups excluding carboxylic acids is 2. The van der Waals surface area contributed by atoms with Crippen LogP contribution in [0.4, 0.5) is 0 Å². The summed E-state index contributed by atoms with van der Waals surface area (Å²) >= 11 is 0. The number of nitrogens with zero attached hydrogens (tertiary/aromatic N) is 1. The summed E-state index contributed by atoms with van der Waals surface area (Å²) in [4.78, 5) is 47.2. The van der Waals surface area contributed by atoms with E-state index in [1.165, 1.54) is 20.0 Å². The molecule has 1 aliphatic rings. The summed E-state index contributed by atoms with van der Waals surface area (Å²) in [6.45, 7) is 2.64. The first-order valence-electron chi connectivity index (χ1n) is 6.62. The second-order valence-corrected chi connectivity index (χ2v) is 4.88. The number of nitrogens with one attached hydrogen (secondary N) is 1. The number of esters is 2. The topological polar surface area (TPSA) is 117 Å². The molecule has 1 N–H and O–H groups in total. The first-order valence-corrected chi connectivity index (χ1v) is 6.62. The van der Waals surface area contributed by atoms with E-state index in [0.29, 0.717) is 0 Å². The number of hydrogen-bond donors (Lipinski definition) is 1. The average Bonchev–Trinajstić information content (AvgIpc) is 2.78. The third-order valence-electron chi connectivity index (χ3n) is 3.15. The molecular formula is C13H16N2O7. The summed E-state index contributed by atoms with van der Waals surface area (Å²) in [5, 5.41) is 0. The number of aromatic amines is 1. The molecule has 0 unspecified atom stereocenters. The Balaban J connectivity index is 2.25. The second kappa shape index (κ2) is 6.56. The fourth-order valence-corrected chi connectivity index (χ4v) is 2.22. The van der Waals surface area contributed by atoms with Gasteiger partial charge in [0.25, 0.3) is 5.56 Å². The standard InChI is InChI=1S/C13H16N2O7/c1-7(16)20-5-9-6-21-12(11(9)22-8(2)17)15-4-3-10(18)14-13(15)19/h3-4,9,11-12H,5-6H2,1-2H3,(H,14,18,19)/t9-,11-,12-/m1/s1. The Labute approximate surface area is 124 Å². The van der Waals surface area contributed by atoms with E-state index in [2.05, 4.69) is 4.98 Å². The molecule has 22 heavy (non-hydrogen) atoms. The van der Waals surface area contributed by atoms with Gasteiger partial charge in [-0.25, -0.2) is 4.79 Å². The fourth-order valence-electron chi connectivity index (χ4n) is 2.22. The molecule has 0 aromatic carbocycles. The lowest BCUT2D eigenvalue weighted by Crippen LogP contribution is -2.38. The van der Waals surface area contributed by atoms with Crippen LogP contribution in [0.25, 0.3) is 0 Å². The number of carbonyl (C=O) groups is 2. The molecule has 0 radical (unpaired) electrons. The molecule has 3 atom stereocenters. The van der Waals surface area contributed by atoms with Crippen LogP contribution in [0, 0.1) is 5.92 Å². The van der Waals surface area contributed by atoms with Crippen molar-refractivity contribution in [2.24, 2.45) is 5.92 Å². The minimum Gasteiger partial charge on any atom is -0.465 e. The molecule has 1 aromatic rings. The Morgan fingerprint density at radius 2 is 2.09 bits per heavy atom. The summed E-state index contributed by atoms with van der Waals surface area (Å²) in [5.74, 6) is -1.42. The predicted octanol–water partition coefficient (Wildman–Crippen LogP) is -0.824. The molecule has 2 heterocycles. The fraction of sp³-hybridized carbons (Fsp3) is 0.538. The van der Waals surface area contributed by atoms with Crippen molar-refractivity contribution in [1.29, 1.82) is 0 Å². The van der Waals surface area contributed by atoms with Crippen LogP contribution in [0.3, 0.4) is 0 Å². The normalized spacial score (nSPS) is 24.0. The molecule has 2 rings (SSSR count). The summed E-state index contributed by atoms with van der Waals surface area (Å²) in [5.41, 5.74) is -1.22. The minimum atomic E-state index is -0.895. The Bertz CT molecular complexity index is 677. The summed E-state index contributed by atoms with van der Waals surface area (Å²) in [7, 11) is 0. The maximum Gasteiger partial charge on any atom is 0.330 e. The monoisotopic (exact) mass is 312 g/mol. The van der Waals surface area contributed by atoms with Crippen LogP contribution in [0.1, 0.15) is 20.1 Å². The first kappa shape index (κ1) is 16.0. The van der Waals surface area contributed by atoms with Gasteiger partial charge in [-0.1, -0.05) is 0 Å². The number of ether oxygens (including phenoxy) is 3. The number of aromatic nitrogens is 2. The molecular weight excluding hydrogens is 296 g/mol. The molecule has 0 aliphatic carbocycles. The van der Waals surface area contributed by atoms with E-state index in [-0.39, 0.29) is 13.2 Å². The van der Waals surface area contributed by atoms with Gasteiger partial charge in [-0.3, -0.25) is 23.9 Å². The van der Waals surface area contributed by atoms with Crippen LogP contribution in [-0.4, -0.2) is 40.8 Å². The van der Waals surface area contributed by atoms with Gasteiger partial charge in [-0.05, 0) is 0 Å². The highest BCUT2D eigenvalue weighted by Gasteiger charge is 2.42.